The topological polar surface area (TPSA) is 55.1 Å². The van der Waals surface area contributed by atoms with E-state index in [4.69, 9.17) is 5.73 Å². The summed E-state index contributed by atoms with van der Waals surface area (Å²) in [6.45, 7) is 3.73. The van der Waals surface area contributed by atoms with Gasteiger partial charge >= 0.3 is 0 Å². The molecule has 0 aromatic rings. The Kier molecular flexibility index (Phi) is 5.69. The Labute approximate surface area is 92.8 Å². The van der Waals surface area contributed by atoms with Crippen LogP contribution >= 0.6 is 0 Å². The molecule has 0 atom stereocenters. The summed E-state index contributed by atoms with van der Waals surface area (Å²) in [5, 5.41) is 3.02. The first kappa shape index (κ1) is 12.5. The molecular formula is C12H24N2O. The molecule has 0 unspecified atom stereocenters. The highest BCUT2D eigenvalue weighted by atomic mass is 16.1. The minimum absolute atomic E-state index is 0.207. The monoisotopic (exact) mass is 212 g/mol. The van der Waals surface area contributed by atoms with Crippen LogP contribution < -0.4 is 11.1 Å². The van der Waals surface area contributed by atoms with E-state index in [-0.39, 0.29) is 5.91 Å². The second kappa shape index (κ2) is 6.83. The van der Waals surface area contributed by atoms with Crippen LogP contribution in [0.25, 0.3) is 0 Å². The zero-order valence-corrected chi connectivity index (χ0v) is 9.80. The van der Waals surface area contributed by atoms with Crippen molar-refractivity contribution in [3.63, 3.8) is 0 Å². The lowest BCUT2D eigenvalue weighted by Gasteiger charge is -2.27. The van der Waals surface area contributed by atoms with Gasteiger partial charge in [-0.15, -0.1) is 0 Å². The third-order valence-corrected chi connectivity index (χ3v) is 3.36. The maximum Gasteiger partial charge on any atom is 0.219 e. The second-order valence-corrected chi connectivity index (χ2v) is 4.68. The van der Waals surface area contributed by atoms with Crippen LogP contribution in [-0.4, -0.2) is 19.0 Å². The summed E-state index contributed by atoms with van der Waals surface area (Å²) in [6, 6.07) is 0. The molecule has 3 N–H and O–H groups in total. The van der Waals surface area contributed by atoms with Gasteiger partial charge in [-0.2, -0.15) is 0 Å². The fourth-order valence-corrected chi connectivity index (χ4v) is 2.24. The zero-order chi connectivity index (χ0) is 11.1. The molecule has 3 heteroatoms. The van der Waals surface area contributed by atoms with Gasteiger partial charge in [0.25, 0.3) is 0 Å². The fraction of sp³-hybridized carbons (Fsp3) is 0.917. The molecule has 1 fully saturated rings. The largest absolute Gasteiger partial charge is 0.356 e. The number of rotatable bonds is 5. The smallest absolute Gasteiger partial charge is 0.219 e. The molecule has 0 aliphatic heterocycles. The third kappa shape index (κ3) is 4.65. The average Bonchev–Trinajstić information content (AvgIpc) is 2.27. The van der Waals surface area contributed by atoms with Crippen LogP contribution in [-0.2, 0) is 4.79 Å². The van der Waals surface area contributed by atoms with E-state index >= 15 is 0 Å². The standard InChI is InChI=1S/C12H24N2O/c1-2-3-12(15)14-9-11-6-4-10(8-13)5-7-11/h10-11H,2-9,13H2,1H3,(H,14,15). The molecule has 0 aromatic carbocycles. The SMILES string of the molecule is CCCC(=O)NCC1CCC(CN)CC1. The van der Waals surface area contributed by atoms with Crippen molar-refractivity contribution in [3.05, 3.63) is 0 Å². The highest BCUT2D eigenvalue weighted by Gasteiger charge is 2.20. The normalized spacial score (nSPS) is 26.3. The lowest BCUT2D eigenvalue weighted by Crippen LogP contribution is -2.32. The molecule has 0 spiro atoms. The molecule has 1 amide bonds. The van der Waals surface area contributed by atoms with Crippen LogP contribution in [0.15, 0.2) is 0 Å². The van der Waals surface area contributed by atoms with Crippen molar-refractivity contribution in [2.45, 2.75) is 45.4 Å². The molecule has 0 bridgehead atoms. The molecule has 3 nitrogen and oxygen atoms in total. The summed E-state index contributed by atoms with van der Waals surface area (Å²) in [7, 11) is 0. The maximum atomic E-state index is 11.3. The molecule has 15 heavy (non-hydrogen) atoms. The molecule has 88 valence electrons. The predicted octanol–water partition coefficient (Wildman–Crippen LogP) is 1.67. The number of hydrogen-bond acceptors (Lipinski definition) is 2. The van der Waals surface area contributed by atoms with Gasteiger partial charge in [-0.3, -0.25) is 4.79 Å². The summed E-state index contributed by atoms with van der Waals surface area (Å²) >= 11 is 0. The molecule has 1 aliphatic carbocycles. The number of hydrogen-bond donors (Lipinski definition) is 2. The van der Waals surface area contributed by atoms with Gasteiger partial charge in [0.1, 0.15) is 0 Å². The van der Waals surface area contributed by atoms with E-state index in [9.17, 15) is 4.79 Å². The van der Waals surface area contributed by atoms with Crippen molar-refractivity contribution < 1.29 is 4.79 Å². The lowest BCUT2D eigenvalue weighted by molar-refractivity contribution is -0.121. The molecule has 0 aromatic heterocycles. The molecular weight excluding hydrogens is 188 g/mol. The van der Waals surface area contributed by atoms with Crippen molar-refractivity contribution in [1.82, 2.24) is 5.32 Å². The highest BCUT2D eigenvalue weighted by molar-refractivity contribution is 5.75. The maximum absolute atomic E-state index is 11.3. The van der Waals surface area contributed by atoms with Crippen LogP contribution in [0.5, 0.6) is 0 Å². The minimum atomic E-state index is 0.207. The van der Waals surface area contributed by atoms with Crippen molar-refractivity contribution >= 4 is 5.91 Å². The summed E-state index contributed by atoms with van der Waals surface area (Å²) in [6.07, 6.45) is 6.54. The highest BCUT2D eigenvalue weighted by Crippen LogP contribution is 2.27. The number of amides is 1. The summed E-state index contributed by atoms with van der Waals surface area (Å²) in [5.41, 5.74) is 5.64. The van der Waals surface area contributed by atoms with Crippen LogP contribution in [0.3, 0.4) is 0 Å². The molecule has 1 saturated carbocycles. The van der Waals surface area contributed by atoms with Gasteiger partial charge in [-0.1, -0.05) is 6.92 Å². The first-order valence-corrected chi connectivity index (χ1v) is 6.23. The Balaban J connectivity index is 2.10. The van der Waals surface area contributed by atoms with Crippen LogP contribution in [0.2, 0.25) is 0 Å². The molecule has 1 rings (SSSR count). The van der Waals surface area contributed by atoms with Crippen LogP contribution in [0.4, 0.5) is 0 Å². The predicted molar refractivity (Wildman–Crippen MR) is 62.4 cm³/mol. The number of carbonyl (C=O) groups excluding carboxylic acids is 1. The van der Waals surface area contributed by atoms with E-state index in [0.29, 0.717) is 12.3 Å². The minimum Gasteiger partial charge on any atom is -0.356 e. The van der Waals surface area contributed by atoms with E-state index < -0.39 is 0 Å². The first-order valence-electron chi connectivity index (χ1n) is 6.23. The number of carbonyl (C=O) groups is 1. The summed E-state index contributed by atoms with van der Waals surface area (Å²) in [4.78, 5) is 11.3. The Morgan fingerprint density at radius 2 is 1.87 bits per heavy atom. The molecule has 0 radical (unpaired) electrons. The van der Waals surface area contributed by atoms with Gasteiger partial charge in [-0.25, -0.2) is 0 Å². The summed E-state index contributed by atoms with van der Waals surface area (Å²) < 4.78 is 0. The Hall–Kier alpha value is -0.570. The van der Waals surface area contributed by atoms with Crippen molar-refractivity contribution in [2.75, 3.05) is 13.1 Å². The van der Waals surface area contributed by atoms with Crippen molar-refractivity contribution in [3.8, 4) is 0 Å². The van der Waals surface area contributed by atoms with Gasteiger partial charge < -0.3 is 11.1 Å². The van der Waals surface area contributed by atoms with Crippen molar-refractivity contribution in [1.29, 1.82) is 0 Å². The van der Waals surface area contributed by atoms with Gasteiger partial charge in [0.05, 0.1) is 0 Å². The van der Waals surface area contributed by atoms with E-state index in [0.717, 1.165) is 25.4 Å². The first-order chi connectivity index (χ1) is 7.26. The van der Waals surface area contributed by atoms with Gasteiger partial charge in [0, 0.05) is 13.0 Å². The van der Waals surface area contributed by atoms with Crippen LogP contribution in [0.1, 0.15) is 45.4 Å². The van der Waals surface area contributed by atoms with Gasteiger partial charge in [-0.05, 0) is 50.5 Å². The second-order valence-electron chi connectivity index (χ2n) is 4.68. The third-order valence-electron chi connectivity index (χ3n) is 3.36. The lowest BCUT2D eigenvalue weighted by atomic mass is 9.82. The van der Waals surface area contributed by atoms with E-state index in [1.54, 1.807) is 0 Å². The average molecular weight is 212 g/mol. The number of nitrogens with two attached hydrogens (primary N) is 1. The Bertz CT molecular complexity index is 186. The van der Waals surface area contributed by atoms with E-state index in [2.05, 4.69) is 5.32 Å². The summed E-state index contributed by atoms with van der Waals surface area (Å²) in [5.74, 6) is 1.62. The van der Waals surface area contributed by atoms with Crippen molar-refractivity contribution in [2.24, 2.45) is 17.6 Å². The van der Waals surface area contributed by atoms with E-state index in [1.807, 2.05) is 6.92 Å². The molecule has 1 aliphatic rings. The van der Waals surface area contributed by atoms with Crippen LogP contribution in [0, 0.1) is 11.8 Å². The van der Waals surface area contributed by atoms with Gasteiger partial charge in [0.15, 0.2) is 0 Å². The number of nitrogens with one attached hydrogen (secondary N) is 1. The molecule has 0 saturated heterocycles. The molecule has 0 heterocycles. The van der Waals surface area contributed by atoms with Gasteiger partial charge in [0.2, 0.25) is 5.91 Å². The Morgan fingerprint density at radius 3 is 2.40 bits per heavy atom. The fourth-order valence-electron chi connectivity index (χ4n) is 2.24. The zero-order valence-electron chi connectivity index (χ0n) is 9.80. The quantitative estimate of drug-likeness (QED) is 0.728. The van der Waals surface area contributed by atoms with E-state index in [1.165, 1.54) is 25.7 Å². The Morgan fingerprint density at radius 1 is 1.27 bits per heavy atom.